The molecular weight excluding hydrogens is 336 g/mol. The van der Waals surface area contributed by atoms with Gasteiger partial charge in [0.25, 0.3) is 5.91 Å². The summed E-state index contributed by atoms with van der Waals surface area (Å²) < 4.78 is 7.34. The lowest BCUT2D eigenvalue weighted by Crippen LogP contribution is -2.31. The molecule has 2 aromatic carbocycles. The molecule has 3 aromatic rings. The molecule has 0 aliphatic rings. The normalized spacial score (nSPS) is 10.4. The number of aromatic nitrogens is 1. The third kappa shape index (κ3) is 4.67. The van der Waals surface area contributed by atoms with Gasteiger partial charge in [-0.2, -0.15) is 0 Å². The number of carbonyl (C=O) groups is 1. The van der Waals surface area contributed by atoms with Crippen molar-refractivity contribution in [3.63, 3.8) is 0 Å². The molecule has 1 amide bonds. The van der Waals surface area contributed by atoms with Crippen molar-refractivity contribution in [3.05, 3.63) is 102 Å². The summed E-state index contributed by atoms with van der Waals surface area (Å²) in [5, 5.41) is 0. The monoisotopic (exact) mass is 360 g/mol. The summed E-state index contributed by atoms with van der Waals surface area (Å²) >= 11 is 0. The Labute approximate surface area is 160 Å². The van der Waals surface area contributed by atoms with Crippen LogP contribution in [-0.2, 0) is 13.1 Å². The highest BCUT2D eigenvalue weighted by Gasteiger charge is 2.16. The lowest BCUT2D eigenvalue weighted by atomic mass is 10.2. The Kier molecular flexibility index (Phi) is 6.10. The number of rotatable bonds is 8. The van der Waals surface area contributed by atoms with E-state index in [1.54, 1.807) is 42.4 Å². The molecule has 3 rings (SSSR count). The Morgan fingerprint density at radius 3 is 2.48 bits per heavy atom. The first-order chi connectivity index (χ1) is 13.2. The average molecular weight is 360 g/mol. The van der Waals surface area contributed by atoms with Crippen LogP contribution in [0.15, 0.2) is 85.6 Å². The van der Waals surface area contributed by atoms with Crippen LogP contribution in [0.3, 0.4) is 0 Å². The topological polar surface area (TPSA) is 34.5 Å². The predicted octanol–water partition coefficient (Wildman–Crippen LogP) is 4.37. The molecule has 27 heavy (non-hydrogen) atoms. The van der Waals surface area contributed by atoms with E-state index >= 15 is 0 Å². The van der Waals surface area contributed by atoms with Gasteiger partial charge in [0.15, 0.2) is 0 Å². The molecule has 138 valence electrons. The fraction of sp³-hybridized carbons (Fsp3) is 0.174. The quantitative estimate of drug-likeness (QED) is 0.559. The van der Waals surface area contributed by atoms with E-state index in [4.69, 9.17) is 4.74 Å². The largest absolute Gasteiger partial charge is 0.497 e. The number of hydrogen-bond donors (Lipinski definition) is 0. The van der Waals surface area contributed by atoms with Crippen molar-refractivity contribution in [1.82, 2.24) is 9.47 Å². The first kappa shape index (κ1) is 18.5. The van der Waals surface area contributed by atoms with Crippen molar-refractivity contribution in [2.45, 2.75) is 13.1 Å². The predicted molar refractivity (Wildman–Crippen MR) is 108 cm³/mol. The van der Waals surface area contributed by atoms with Crippen LogP contribution in [0.2, 0.25) is 0 Å². The molecule has 0 unspecified atom stereocenters. The minimum absolute atomic E-state index is 0.0231. The van der Waals surface area contributed by atoms with Crippen LogP contribution in [0.1, 0.15) is 21.6 Å². The minimum Gasteiger partial charge on any atom is -0.497 e. The van der Waals surface area contributed by atoms with Crippen LogP contribution >= 0.6 is 0 Å². The molecule has 0 spiro atoms. The van der Waals surface area contributed by atoms with Crippen molar-refractivity contribution in [3.8, 4) is 5.75 Å². The van der Waals surface area contributed by atoms with Crippen molar-refractivity contribution in [2.75, 3.05) is 13.7 Å². The molecule has 0 fully saturated rings. The molecule has 0 radical (unpaired) electrons. The van der Waals surface area contributed by atoms with E-state index in [2.05, 4.69) is 29.3 Å². The maximum atomic E-state index is 13.0. The first-order valence-corrected chi connectivity index (χ1v) is 8.93. The van der Waals surface area contributed by atoms with Crippen LogP contribution in [-0.4, -0.2) is 29.0 Å². The highest BCUT2D eigenvalue weighted by atomic mass is 16.5. The van der Waals surface area contributed by atoms with Gasteiger partial charge in [0, 0.05) is 30.5 Å². The minimum atomic E-state index is -0.0231. The summed E-state index contributed by atoms with van der Waals surface area (Å²) in [5.74, 6) is 0.712. The third-order valence-electron chi connectivity index (χ3n) is 4.45. The zero-order valence-corrected chi connectivity index (χ0v) is 15.5. The fourth-order valence-corrected chi connectivity index (χ4v) is 3.01. The van der Waals surface area contributed by atoms with E-state index in [1.807, 2.05) is 30.5 Å². The van der Waals surface area contributed by atoms with Gasteiger partial charge in [-0.25, -0.2) is 0 Å². The van der Waals surface area contributed by atoms with Crippen molar-refractivity contribution < 1.29 is 9.53 Å². The van der Waals surface area contributed by atoms with Crippen LogP contribution < -0.4 is 4.74 Å². The Morgan fingerprint density at radius 1 is 1.07 bits per heavy atom. The Balaban J connectivity index is 1.77. The summed E-state index contributed by atoms with van der Waals surface area (Å²) in [6, 6.07) is 21.6. The molecule has 1 heterocycles. The standard InChI is InChI=1S/C23H24N2O2/c1-3-15-25(23(26)20-11-13-22(27-2)14-12-20)18-21-10-7-16-24(21)17-19-8-5-4-6-9-19/h3-14,16H,1,15,17-18H2,2H3. The molecular formula is C23H24N2O2. The molecule has 4 nitrogen and oxygen atoms in total. The van der Waals surface area contributed by atoms with Gasteiger partial charge in [-0.15, -0.1) is 6.58 Å². The van der Waals surface area contributed by atoms with Crippen molar-refractivity contribution >= 4 is 5.91 Å². The maximum Gasteiger partial charge on any atom is 0.254 e. The smallest absolute Gasteiger partial charge is 0.254 e. The Bertz CT molecular complexity index is 882. The number of benzene rings is 2. The summed E-state index contributed by atoms with van der Waals surface area (Å²) in [7, 11) is 1.61. The molecule has 1 aromatic heterocycles. The van der Waals surface area contributed by atoms with Crippen LogP contribution in [0.4, 0.5) is 0 Å². The molecule has 0 aliphatic carbocycles. The third-order valence-corrected chi connectivity index (χ3v) is 4.45. The molecule has 0 bridgehead atoms. The van der Waals surface area contributed by atoms with Gasteiger partial charge < -0.3 is 14.2 Å². The molecule has 0 atom stereocenters. The highest BCUT2D eigenvalue weighted by molar-refractivity contribution is 5.94. The average Bonchev–Trinajstić information content (AvgIpc) is 3.14. The number of nitrogens with zero attached hydrogens (tertiary/aromatic N) is 2. The molecule has 4 heteroatoms. The van der Waals surface area contributed by atoms with Crippen LogP contribution in [0.25, 0.3) is 0 Å². The summed E-state index contributed by atoms with van der Waals surface area (Å²) in [6.07, 6.45) is 3.80. The van der Waals surface area contributed by atoms with E-state index in [0.717, 1.165) is 18.0 Å². The van der Waals surface area contributed by atoms with E-state index in [9.17, 15) is 4.79 Å². The molecule has 0 saturated heterocycles. The second kappa shape index (κ2) is 8.90. The van der Waals surface area contributed by atoms with Gasteiger partial charge in [0.1, 0.15) is 5.75 Å². The van der Waals surface area contributed by atoms with Gasteiger partial charge in [-0.05, 0) is 42.0 Å². The van der Waals surface area contributed by atoms with E-state index in [1.165, 1.54) is 5.56 Å². The molecule has 0 aliphatic heterocycles. The van der Waals surface area contributed by atoms with Gasteiger partial charge in [-0.3, -0.25) is 4.79 Å². The summed E-state index contributed by atoms with van der Waals surface area (Å²) in [6.45, 7) is 5.59. The maximum absolute atomic E-state index is 13.0. The number of carbonyl (C=O) groups excluding carboxylic acids is 1. The first-order valence-electron chi connectivity index (χ1n) is 8.93. The lowest BCUT2D eigenvalue weighted by Gasteiger charge is -2.22. The second-order valence-corrected chi connectivity index (χ2v) is 6.32. The van der Waals surface area contributed by atoms with Gasteiger partial charge in [-0.1, -0.05) is 36.4 Å². The van der Waals surface area contributed by atoms with E-state index < -0.39 is 0 Å². The van der Waals surface area contributed by atoms with E-state index in [0.29, 0.717) is 18.7 Å². The van der Waals surface area contributed by atoms with Crippen LogP contribution in [0.5, 0.6) is 5.75 Å². The van der Waals surface area contributed by atoms with Gasteiger partial charge in [0.2, 0.25) is 0 Å². The SMILES string of the molecule is C=CCN(Cc1cccn1Cc1ccccc1)C(=O)c1ccc(OC)cc1. The van der Waals surface area contributed by atoms with Gasteiger partial charge in [0.05, 0.1) is 13.7 Å². The highest BCUT2D eigenvalue weighted by Crippen LogP contribution is 2.16. The number of hydrogen-bond acceptors (Lipinski definition) is 2. The van der Waals surface area contributed by atoms with Crippen LogP contribution in [0, 0.1) is 0 Å². The van der Waals surface area contributed by atoms with Gasteiger partial charge >= 0.3 is 0 Å². The van der Waals surface area contributed by atoms with E-state index in [-0.39, 0.29) is 5.91 Å². The second-order valence-electron chi connectivity index (χ2n) is 6.32. The number of amides is 1. The fourth-order valence-electron chi connectivity index (χ4n) is 3.01. The van der Waals surface area contributed by atoms with Crippen molar-refractivity contribution in [2.24, 2.45) is 0 Å². The zero-order chi connectivity index (χ0) is 19.1. The number of methoxy groups -OCH3 is 1. The Hall–Kier alpha value is -3.27. The molecule has 0 N–H and O–H groups in total. The zero-order valence-electron chi connectivity index (χ0n) is 15.5. The lowest BCUT2D eigenvalue weighted by molar-refractivity contribution is 0.0759. The summed E-state index contributed by atoms with van der Waals surface area (Å²) in [5.41, 5.74) is 2.95. The molecule has 0 saturated carbocycles. The summed E-state index contributed by atoms with van der Waals surface area (Å²) in [4.78, 5) is 14.8. The number of ether oxygens (including phenoxy) is 1. The Morgan fingerprint density at radius 2 is 1.81 bits per heavy atom. The van der Waals surface area contributed by atoms with Crippen molar-refractivity contribution in [1.29, 1.82) is 0 Å².